The highest BCUT2D eigenvalue weighted by molar-refractivity contribution is 6.40. The highest BCUT2D eigenvalue weighted by atomic mass is 15.2. The Kier molecular flexibility index (Phi) is 8.83. The SMILES string of the molecule is CC(C)(C)c1cc(N(c2ccccc2)c2ccccc2)c2c(c1)c1cc(C(C)(C)C)cc3c4c5c6c7ccccc7cc7c8cc9ccccc9c(N(c9ccccc9)c9ccccc9)c8n(c5ncc4n2c13)c76. The van der Waals surface area contributed by atoms with E-state index in [4.69, 9.17) is 4.98 Å². The van der Waals surface area contributed by atoms with Crippen molar-refractivity contribution < 1.29 is 0 Å². The average Bonchev–Trinajstić information content (AvgIpc) is 4.18. The van der Waals surface area contributed by atoms with Crippen molar-refractivity contribution in [3.05, 3.63) is 224 Å². The summed E-state index contributed by atoms with van der Waals surface area (Å²) in [6.07, 6.45) is 2.19. The Hall–Kier alpha value is -8.93. The summed E-state index contributed by atoms with van der Waals surface area (Å²) in [6.45, 7) is 14.1. The number of nitrogens with zero attached hydrogens (tertiary/aromatic N) is 5. The fraction of sp³-hybridized carbons (Fsp3) is 0.116. The predicted molar refractivity (Wildman–Crippen MR) is 315 cm³/mol. The van der Waals surface area contributed by atoms with Gasteiger partial charge in [-0.3, -0.25) is 4.40 Å². The van der Waals surface area contributed by atoms with Crippen LogP contribution in [0.4, 0.5) is 34.1 Å². The van der Waals surface area contributed by atoms with E-state index in [1.807, 2.05) is 0 Å². The van der Waals surface area contributed by atoms with Crippen LogP contribution in [0.25, 0.3) is 97.9 Å². The summed E-state index contributed by atoms with van der Waals surface area (Å²) in [5.74, 6) is 0. The van der Waals surface area contributed by atoms with Gasteiger partial charge in [0.2, 0.25) is 0 Å². The van der Waals surface area contributed by atoms with Gasteiger partial charge in [0.05, 0.1) is 45.2 Å². The molecule has 10 aromatic carbocycles. The minimum atomic E-state index is -0.134. The van der Waals surface area contributed by atoms with Crippen LogP contribution in [0.1, 0.15) is 52.7 Å². The van der Waals surface area contributed by atoms with E-state index in [0.717, 1.165) is 50.8 Å². The van der Waals surface area contributed by atoms with Crippen LogP contribution in [0.5, 0.6) is 0 Å². The number of pyridine rings is 1. The van der Waals surface area contributed by atoms with Gasteiger partial charge in [0.1, 0.15) is 5.65 Å². The van der Waals surface area contributed by atoms with Crippen LogP contribution in [0.2, 0.25) is 0 Å². The number of fused-ring (bicyclic) bond motifs is 16. The minimum Gasteiger partial charge on any atom is -0.308 e. The van der Waals surface area contributed by atoms with Gasteiger partial charge in [-0.1, -0.05) is 163 Å². The second-order valence-corrected chi connectivity index (χ2v) is 22.4. The highest BCUT2D eigenvalue weighted by Crippen LogP contribution is 2.54. The van der Waals surface area contributed by atoms with Gasteiger partial charge in [0, 0.05) is 71.2 Å². The van der Waals surface area contributed by atoms with Crippen molar-refractivity contribution in [3.63, 3.8) is 0 Å². The first-order valence-corrected chi connectivity index (χ1v) is 26.0. The zero-order valence-corrected chi connectivity index (χ0v) is 42.4. The van der Waals surface area contributed by atoms with Crippen LogP contribution in [-0.4, -0.2) is 13.8 Å². The quantitative estimate of drug-likeness (QED) is 0.166. The van der Waals surface area contributed by atoms with Gasteiger partial charge in [0.25, 0.3) is 0 Å². The molecular formula is C69H53N5. The monoisotopic (exact) mass is 951 g/mol. The van der Waals surface area contributed by atoms with Crippen LogP contribution >= 0.6 is 0 Å². The van der Waals surface area contributed by atoms with E-state index in [1.165, 1.54) is 92.3 Å². The molecule has 5 heteroatoms. The summed E-state index contributed by atoms with van der Waals surface area (Å²) >= 11 is 0. The Morgan fingerprint density at radius 3 is 1.36 bits per heavy atom. The lowest BCUT2D eigenvalue weighted by atomic mass is 9.83. The molecule has 0 spiro atoms. The molecule has 5 aromatic heterocycles. The lowest BCUT2D eigenvalue weighted by molar-refractivity contribution is 0.591. The smallest absolute Gasteiger partial charge is 0.146 e. The molecule has 5 heterocycles. The van der Waals surface area contributed by atoms with E-state index in [9.17, 15) is 0 Å². The summed E-state index contributed by atoms with van der Waals surface area (Å²) in [6, 6.07) is 76.2. The van der Waals surface area contributed by atoms with Gasteiger partial charge in [0.15, 0.2) is 0 Å². The molecule has 354 valence electrons. The van der Waals surface area contributed by atoms with Crippen LogP contribution in [-0.2, 0) is 10.8 Å². The summed E-state index contributed by atoms with van der Waals surface area (Å²) in [7, 11) is 0. The second-order valence-electron chi connectivity index (χ2n) is 22.4. The molecule has 15 rings (SSSR count). The maximum Gasteiger partial charge on any atom is 0.146 e. The molecule has 0 saturated heterocycles. The van der Waals surface area contributed by atoms with E-state index in [-0.39, 0.29) is 10.8 Å². The Bertz CT molecular complexity index is 4630. The number of rotatable bonds is 6. The number of hydrogen-bond acceptors (Lipinski definition) is 3. The molecular weight excluding hydrogens is 899 g/mol. The normalized spacial score (nSPS) is 12.7. The largest absolute Gasteiger partial charge is 0.308 e. The van der Waals surface area contributed by atoms with Crippen molar-refractivity contribution >= 4 is 132 Å². The van der Waals surface area contributed by atoms with E-state index >= 15 is 0 Å². The molecule has 0 aliphatic carbocycles. The number of benzene rings is 10. The molecule has 0 saturated carbocycles. The molecule has 0 radical (unpaired) electrons. The van der Waals surface area contributed by atoms with E-state index in [2.05, 4.69) is 273 Å². The van der Waals surface area contributed by atoms with E-state index in [1.54, 1.807) is 0 Å². The van der Waals surface area contributed by atoms with Gasteiger partial charge in [-0.25, -0.2) is 4.98 Å². The molecule has 0 fully saturated rings. The fourth-order valence-corrected chi connectivity index (χ4v) is 12.5. The van der Waals surface area contributed by atoms with Crippen molar-refractivity contribution in [3.8, 4) is 0 Å². The minimum absolute atomic E-state index is 0.123. The topological polar surface area (TPSA) is 28.2 Å². The first kappa shape index (κ1) is 42.7. The summed E-state index contributed by atoms with van der Waals surface area (Å²) in [5.41, 5.74) is 15.8. The molecule has 15 aromatic rings. The predicted octanol–water partition coefficient (Wildman–Crippen LogP) is 19.2. The molecule has 0 atom stereocenters. The molecule has 0 bridgehead atoms. The summed E-state index contributed by atoms with van der Waals surface area (Å²) < 4.78 is 5.11. The second kappa shape index (κ2) is 15.3. The lowest BCUT2D eigenvalue weighted by Gasteiger charge is -2.29. The Balaban J connectivity index is 1.19. The molecule has 0 amide bonds. The van der Waals surface area contributed by atoms with Crippen molar-refractivity contribution in [2.45, 2.75) is 52.4 Å². The zero-order chi connectivity index (χ0) is 49.8. The molecule has 0 aliphatic rings. The Morgan fingerprint density at radius 2 is 0.797 bits per heavy atom. The van der Waals surface area contributed by atoms with Gasteiger partial charge >= 0.3 is 0 Å². The molecule has 0 unspecified atom stereocenters. The lowest BCUT2D eigenvalue weighted by Crippen LogP contribution is -2.15. The molecule has 74 heavy (non-hydrogen) atoms. The number of anilines is 6. The van der Waals surface area contributed by atoms with Crippen LogP contribution in [0, 0.1) is 0 Å². The fourth-order valence-electron chi connectivity index (χ4n) is 12.5. The first-order valence-electron chi connectivity index (χ1n) is 26.0. The third kappa shape index (κ3) is 5.95. The van der Waals surface area contributed by atoms with Crippen molar-refractivity contribution in [1.82, 2.24) is 13.8 Å². The summed E-state index contributed by atoms with van der Waals surface area (Å²) in [5, 5.41) is 14.7. The van der Waals surface area contributed by atoms with E-state index < -0.39 is 0 Å². The molecule has 0 N–H and O–H groups in total. The van der Waals surface area contributed by atoms with Gasteiger partial charge < -0.3 is 14.2 Å². The van der Waals surface area contributed by atoms with E-state index in [0.29, 0.717) is 0 Å². The van der Waals surface area contributed by atoms with Crippen LogP contribution < -0.4 is 9.80 Å². The number of hydrogen-bond donors (Lipinski definition) is 0. The summed E-state index contributed by atoms with van der Waals surface area (Å²) in [4.78, 5) is 10.7. The van der Waals surface area contributed by atoms with Gasteiger partial charge in [-0.15, -0.1) is 0 Å². The number of para-hydroxylation sites is 4. The molecule has 0 aliphatic heterocycles. The number of aromatic nitrogens is 3. The van der Waals surface area contributed by atoms with Crippen LogP contribution in [0.3, 0.4) is 0 Å². The Morgan fingerprint density at radius 1 is 0.351 bits per heavy atom. The van der Waals surface area contributed by atoms with Crippen molar-refractivity contribution in [1.29, 1.82) is 0 Å². The maximum absolute atomic E-state index is 5.81. The van der Waals surface area contributed by atoms with Crippen LogP contribution in [0.15, 0.2) is 212 Å². The average molecular weight is 952 g/mol. The standard InChI is InChI=1S/C69H53N5/c1-68(2,3)44-37-54-55-38-45(69(4,5)6)40-57(71(46-25-11-7-12-26-46)47-27-13-8-14-28-47)63(55)73-58-41-70-67-61(59(58)56(39-44)62(54)73)60-50-33-21-19-23-42(50)35-52-53-36-43-24-20-22-34-51(43)65(66(53)74(67)64(52)60)72(48-29-15-9-16-30-48)49-31-17-10-18-32-49/h7-41H,1-6H3. The van der Waals surface area contributed by atoms with Gasteiger partial charge in [-0.05, 0) is 123 Å². The third-order valence-corrected chi connectivity index (χ3v) is 16.0. The maximum atomic E-state index is 5.81. The Labute approximate surface area is 429 Å². The first-order chi connectivity index (χ1) is 36.0. The molecule has 5 nitrogen and oxygen atoms in total. The van der Waals surface area contributed by atoms with Crippen molar-refractivity contribution in [2.24, 2.45) is 0 Å². The van der Waals surface area contributed by atoms with Crippen molar-refractivity contribution in [2.75, 3.05) is 9.80 Å². The highest BCUT2D eigenvalue weighted by Gasteiger charge is 2.33. The third-order valence-electron chi connectivity index (χ3n) is 16.0. The van der Waals surface area contributed by atoms with Gasteiger partial charge in [-0.2, -0.15) is 0 Å². The zero-order valence-electron chi connectivity index (χ0n) is 42.4.